The molecule has 1 aromatic heterocycles. The fraction of sp³-hybridized carbons (Fsp3) is 0.500. The van der Waals surface area contributed by atoms with Gasteiger partial charge in [0, 0.05) is 26.8 Å². The molecular weight excluding hydrogens is 190 g/mol. The Morgan fingerprint density at radius 3 is 2.92 bits per heavy atom. The number of methoxy groups -OCH3 is 1. The number of ether oxygens (including phenoxy) is 1. The zero-order valence-electron chi connectivity index (χ0n) is 7.70. The Labute approximate surface area is 82.5 Å². The molecule has 4 nitrogen and oxygen atoms in total. The summed E-state index contributed by atoms with van der Waals surface area (Å²) in [5, 5.41) is 0.453. The Morgan fingerprint density at radius 1 is 1.54 bits per heavy atom. The molecule has 1 heterocycles. The Morgan fingerprint density at radius 2 is 2.31 bits per heavy atom. The van der Waals surface area contributed by atoms with Crippen LogP contribution in [-0.2, 0) is 4.74 Å². The maximum absolute atomic E-state index is 5.71. The van der Waals surface area contributed by atoms with Crippen LogP contribution in [-0.4, -0.2) is 37.3 Å². The largest absolute Gasteiger partial charge is 0.383 e. The van der Waals surface area contributed by atoms with Crippen molar-refractivity contribution in [2.24, 2.45) is 0 Å². The van der Waals surface area contributed by atoms with Gasteiger partial charge in [-0.15, -0.1) is 0 Å². The lowest BCUT2D eigenvalue weighted by Gasteiger charge is -2.16. The van der Waals surface area contributed by atoms with Crippen molar-refractivity contribution in [2.75, 3.05) is 32.2 Å². The van der Waals surface area contributed by atoms with Gasteiger partial charge in [0.05, 0.1) is 6.61 Å². The van der Waals surface area contributed by atoms with Gasteiger partial charge in [-0.3, -0.25) is 0 Å². The number of rotatable bonds is 4. The third-order valence-electron chi connectivity index (χ3n) is 1.64. The molecule has 0 N–H and O–H groups in total. The summed E-state index contributed by atoms with van der Waals surface area (Å²) in [6, 6.07) is 1.72. The molecule has 0 spiro atoms. The maximum Gasteiger partial charge on any atom is 0.134 e. The number of likely N-dealkylation sites (N-methyl/N-ethyl adjacent to an activating group) is 1. The minimum Gasteiger partial charge on any atom is -0.383 e. The summed E-state index contributed by atoms with van der Waals surface area (Å²) in [6.07, 6.45) is 1.45. The van der Waals surface area contributed by atoms with E-state index in [1.165, 1.54) is 6.33 Å². The molecule has 0 saturated carbocycles. The lowest BCUT2D eigenvalue weighted by molar-refractivity contribution is 0.206. The summed E-state index contributed by atoms with van der Waals surface area (Å²) in [4.78, 5) is 9.82. The number of halogens is 1. The van der Waals surface area contributed by atoms with Crippen LogP contribution in [0, 0.1) is 0 Å². The second-order valence-electron chi connectivity index (χ2n) is 2.61. The Bertz CT molecular complexity index is 269. The minimum absolute atomic E-state index is 0.453. The van der Waals surface area contributed by atoms with Gasteiger partial charge in [-0.25, -0.2) is 9.97 Å². The van der Waals surface area contributed by atoms with E-state index in [4.69, 9.17) is 16.3 Å². The summed E-state index contributed by atoms with van der Waals surface area (Å²) >= 11 is 5.71. The molecule has 13 heavy (non-hydrogen) atoms. The predicted octanol–water partition coefficient (Wildman–Crippen LogP) is 1.21. The molecule has 1 rings (SSSR count). The highest BCUT2D eigenvalue weighted by Crippen LogP contribution is 2.11. The third kappa shape index (κ3) is 3.16. The van der Waals surface area contributed by atoms with E-state index in [9.17, 15) is 0 Å². The van der Waals surface area contributed by atoms with Gasteiger partial charge in [0.25, 0.3) is 0 Å². The molecule has 0 amide bonds. The average molecular weight is 202 g/mol. The van der Waals surface area contributed by atoms with E-state index in [1.54, 1.807) is 13.2 Å². The van der Waals surface area contributed by atoms with Crippen molar-refractivity contribution in [1.82, 2.24) is 9.97 Å². The van der Waals surface area contributed by atoms with Crippen LogP contribution in [0.1, 0.15) is 0 Å². The number of hydrogen-bond donors (Lipinski definition) is 0. The van der Waals surface area contributed by atoms with Crippen molar-refractivity contribution in [3.05, 3.63) is 17.5 Å². The first-order valence-electron chi connectivity index (χ1n) is 3.91. The topological polar surface area (TPSA) is 38.2 Å². The zero-order valence-corrected chi connectivity index (χ0v) is 8.45. The molecule has 0 aromatic carbocycles. The van der Waals surface area contributed by atoms with Gasteiger partial charge in [0.15, 0.2) is 0 Å². The summed E-state index contributed by atoms with van der Waals surface area (Å²) in [7, 11) is 3.60. The summed E-state index contributed by atoms with van der Waals surface area (Å²) in [6.45, 7) is 1.45. The van der Waals surface area contributed by atoms with Crippen LogP contribution in [0.3, 0.4) is 0 Å². The molecule has 0 unspecified atom stereocenters. The van der Waals surface area contributed by atoms with Gasteiger partial charge >= 0.3 is 0 Å². The van der Waals surface area contributed by atoms with Crippen molar-refractivity contribution < 1.29 is 4.74 Å². The molecular formula is C8H12ClN3O. The smallest absolute Gasteiger partial charge is 0.134 e. The highest BCUT2D eigenvalue weighted by molar-refractivity contribution is 6.29. The number of anilines is 1. The summed E-state index contributed by atoms with van der Waals surface area (Å²) in [5.41, 5.74) is 0. The SMILES string of the molecule is COCCN(C)c1cc(Cl)ncn1. The Balaban J connectivity index is 2.60. The van der Waals surface area contributed by atoms with E-state index in [2.05, 4.69) is 9.97 Å². The first-order valence-corrected chi connectivity index (χ1v) is 4.29. The van der Waals surface area contributed by atoms with Crippen LogP contribution in [0.15, 0.2) is 12.4 Å². The first kappa shape index (κ1) is 10.2. The van der Waals surface area contributed by atoms with Crippen molar-refractivity contribution in [3.8, 4) is 0 Å². The van der Waals surface area contributed by atoms with Crippen molar-refractivity contribution in [2.45, 2.75) is 0 Å². The van der Waals surface area contributed by atoms with Gasteiger partial charge in [-0.05, 0) is 0 Å². The van der Waals surface area contributed by atoms with Crippen LogP contribution in [0.25, 0.3) is 0 Å². The molecule has 0 fully saturated rings. The summed E-state index contributed by atoms with van der Waals surface area (Å²) in [5.74, 6) is 0.803. The molecule has 5 heteroatoms. The highest BCUT2D eigenvalue weighted by atomic mass is 35.5. The zero-order chi connectivity index (χ0) is 9.68. The van der Waals surface area contributed by atoms with E-state index >= 15 is 0 Å². The maximum atomic E-state index is 5.71. The van der Waals surface area contributed by atoms with Crippen LogP contribution in [0.4, 0.5) is 5.82 Å². The van der Waals surface area contributed by atoms with Crippen molar-refractivity contribution in [1.29, 1.82) is 0 Å². The quantitative estimate of drug-likeness (QED) is 0.687. The van der Waals surface area contributed by atoms with Crippen molar-refractivity contribution in [3.63, 3.8) is 0 Å². The van der Waals surface area contributed by atoms with Gasteiger partial charge in [0.2, 0.25) is 0 Å². The monoisotopic (exact) mass is 201 g/mol. The highest BCUT2D eigenvalue weighted by Gasteiger charge is 2.02. The molecule has 0 aliphatic rings. The standard InChI is InChI=1S/C8H12ClN3O/c1-12(3-4-13-2)8-5-7(9)10-6-11-8/h5-6H,3-4H2,1-2H3. The average Bonchev–Trinajstić information content (AvgIpc) is 2.14. The van der Waals surface area contributed by atoms with Crippen molar-refractivity contribution >= 4 is 17.4 Å². The Hall–Kier alpha value is -0.870. The molecule has 0 radical (unpaired) electrons. The lowest BCUT2D eigenvalue weighted by atomic mass is 10.5. The first-order chi connectivity index (χ1) is 6.24. The van der Waals surface area contributed by atoms with E-state index in [0.29, 0.717) is 11.8 Å². The van der Waals surface area contributed by atoms with E-state index < -0.39 is 0 Å². The second kappa shape index (κ2) is 4.99. The number of aromatic nitrogens is 2. The minimum atomic E-state index is 0.453. The molecule has 72 valence electrons. The van der Waals surface area contributed by atoms with Crippen LogP contribution in [0.2, 0.25) is 5.15 Å². The molecule has 0 saturated heterocycles. The molecule has 0 aliphatic carbocycles. The van der Waals surface area contributed by atoms with E-state index in [0.717, 1.165) is 12.4 Å². The Kier molecular flexibility index (Phi) is 3.92. The van der Waals surface area contributed by atoms with Gasteiger partial charge in [-0.2, -0.15) is 0 Å². The van der Waals surface area contributed by atoms with E-state index in [1.807, 2.05) is 11.9 Å². The molecule has 1 aromatic rings. The molecule has 0 atom stereocenters. The predicted molar refractivity (Wildman–Crippen MR) is 52.2 cm³/mol. The summed E-state index contributed by atoms with van der Waals surface area (Å²) < 4.78 is 4.95. The molecule has 0 bridgehead atoms. The second-order valence-corrected chi connectivity index (χ2v) is 3.00. The van der Waals surface area contributed by atoms with Gasteiger partial charge in [0.1, 0.15) is 17.3 Å². The van der Waals surface area contributed by atoms with Crippen LogP contribution < -0.4 is 4.90 Å². The number of hydrogen-bond acceptors (Lipinski definition) is 4. The fourth-order valence-corrected chi connectivity index (χ4v) is 1.02. The third-order valence-corrected chi connectivity index (χ3v) is 1.85. The van der Waals surface area contributed by atoms with Crippen LogP contribution >= 0.6 is 11.6 Å². The van der Waals surface area contributed by atoms with Gasteiger partial charge < -0.3 is 9.64 Å². The molecule has 0 aliphatic heterocycles. The number of nitrogens with zero attached hydrogens (tertiary/aromatic N) is 3. The van der Waals surface area contributed by atoms with Gasteiger partial charge in [-0.1, -0.05) is 11.6 Å². The van der Waals surface area contributed by atoms with Crippen LogP contribution in [0.5, 0.6) is 0 Å². The normalized spacial score (nSPS) is 10.1. The fourth-order valence-electron chi connectivity index (χ4n) is 0.876. The lowest BCUT2D eigenvalue weighted by Crippen LogP contribution is -2.22. The van der Waals surface area contributed by atoms with E-state index in [-0.39, 0.29) is 0 Å².